The summed E-state index contributed by atoms with van der Waals surface area (Å²) in [5.41, 5.74) is -0.215. The number of nitrogens with zero attached hydrogens (tertiary/aromatic N) is 2. The molecule has 5 rings (SSSR count). The minimum atomic E-state index is -1.84. The van der Waals surface area contributed by atoms with Gasteiger partial charge in [0, 0.05) is 53.5 Å². The summed E-state index contributed by atoms with van der Waals surface area (Å²) in [4.78, 5) is 35.3. The number of ketones is 2. The molecule has 1 aromatic heterocycles. The minimum Gasteiger partial charge on any atom is -0.507 e. The molecule has 1 aliphatic heterocycles. The number of allylic oxidation sites excluding steroid dienone is 1. The van der Waals surface area contributed by atoms with E-state index in [1.165, 1.54) is 26.5 Å². The number of aliphatic hydroxyl groups excluding tert-OH is 1. The van der Waals surface area contributed by atoms with Crippen LogP contribution in [0.25, 0.3) is 10.9 Å². The molecule has 202 valence electrons. The number of halogens is 2. The molecule has 2 aliphatic rings. The Labute approximate surface area is 234 Å². The van der Waals surface area contributed by atoms with Crippen molar-refractivity contribution in [1.29, 1.82) is 0 Å². The highest BCUT2D eigenvalue weighted by molar-refractivity contribution is 6.35. The minimum absolute atomic E-state index is 0.0357. The van der Waals surface area contributed by atoms with Crippen molar-refractivity contribution >= 4 is 57.6 Å². The number of ether oxygens (including phenoxy) is 3. The average molecular weight is 570 g/mol. The highest BCUT2D eigenvalue weighted by atomic mass is 35.5. The van der Waals surface area contributed by atoms with Gasteiger partial charge in [-0.1, -0.05) is 30.1 Å². The molecule has 39 heavy (non-hydrogen) atoms. The quantitative estimate of drug-likeness (QED) is 0.283. The first kappa shape index (κ1) is 26.8. The number of fused-ring (bicyclic) bond motifs is 2. The molecule has 0 unspecified atom stereocenters. The number of aliphatic hydroxyl groups is 1. The van der Waals surface area contributed by atoms with Crippen LogP contribution in [-0.4, -0.2) is 60.8 Å². The maximum Gasteiger partial charge on any atom is 0.231 e. The monoisotopic (exact) mass is 569 g/mol. The summed E-state index contributed by atoms with van der Waals surface area (Å²) in [7, 11) is 2.83. The SMILES string of the molecule is COc1cc(OC)c2c(c1Cl)O[C@]1(C2=O)C(O)=C(C=NCCNc2ccnc3cc(Cl)ccc23)C(=O)C[C@H]1C. The summed E-state index contributed by atoms with van der Waals surface area (Å²) in [6.07, 6.45) is 2.93. The number of carbonyl (C=O) groups excluding carboxylic acids is 2. The van der Waals surface area contributed by atoms with Gasteiger partial charge in [0.25, 0.3) is 0 Å². The van der Waals surface area contributed by atoms with Gasteiger partial charge in [-0.25, -0.2) is 0 Å². The Morgan fingerprint density at radius 2 is 1.97 bits per heavy atom. The fraction of sp³-hybridized carbons (Fsp3) is 0.286. The summed E-state index contributed by atoms with van der Waals surface area (Å²) in [5.74, 6) is -1.59. The number of nitrogens with one attached hydrogen (secondary N) is 1. The second kappa shape index (κ2) is 10.4. The lowest BCUT2D eigenvalue weighted by Crippen LogP contribution is -2.52. The first-order valence-electron chi connectivity index (χ1n) is 12.2. The third-order valence-electron chi connectivity index (χ3n) is 6.99. The number of aliphatic imine (C=N–C) groups is 1. The van der Waals surface area contributed by atoms with E-state index in [-0.39, 0.29) is 52.2 Å². The van der Waals surface area contributed by atoms with Crippen molar-refractivity contribution in [1.82, 2.24) is 4.98 Å². The molecule has 0 radical (unpaired) electrons. The summed E-state index contributed by atoms with van der Waals surface area (Å²) in [6, 6.07) is 8.79. The topological polar surface area (TPSA) is 119 Å². The Balaban J connectivity index is 1.40. The molecule has 0 saturated heterocycles. The smallest absolute Gasteiger partial charge is 0.231 e. The van der Waals surface area contributed by atoms with E-state index >= 15 is 0 Å². The van der Waals surface area contributed by atoms with Gasteiger partial charge < -0.3 is 24.6 Å². The largest absolute Gasteiger partial charge is 0.507 e. The van der Waals surface area contributed by atoms with Gasteiger partial charge in [0.05, 0.1) is 31.9 Å². The lowest BCUT2D eigenvalue weighted by Gasteiger charge is -2.36. The van der Waals surface area contributed by atoms with Crippen molar-refractivity contribution in [3.05, 3.63) is 63.5 Å². The number of pyridine rings is 1. The molecule has 0 saturated carbocycles. The molecule has 11 heteroatoms. The van der Waals surface area contributed by atoms with Gasteiger partial charge in [-0.3, -0.25) is 19.6 Å². The Morgan fingerprint density at radius 1 is 1.21 bits per heavy atom. The standard InChI is InChI=1S/C28H25Cl2N3O6/c1-14-10-20(34)17(13-31-8-9-33-18-6-7-32-19-11-15(29)4-5-16(18)19)26(35)28(14)27(36)23-21(37-2)12-22(38-3)24(30)25(23)39-28/h4-7,11-14,35H,8-10H2,1-3H3,(H,32,33)/t14-,28+/m1/s1. The first-order chi connectivity index (χ1) is 18.7. The Hall–Kier alpha value is -3.82. The normalized spacial score (nSPS) is 20.6. The second-order valence-electron chi connectivity index (χ2n) is 9.24. The predicted molar refractivity (Wildman–Crippen MR) is 149 cm³/mol. The summed E-state index contributed by atoms with van der Waals surface area (Å²) in [6.45, 7) is 2.39. The van der Waals surface area contributed by atoms with Crippen LogP contribution in [-0.2, 0) is 4.79 Å². The van der Waals surface area contributed by atoms with Crippen molar-refractivity contribution in [2.45, 2.75) is 18.9 Å². The zero-order valence-corrected chi connectivity index (χ0v) is 22.9. The van der Waals surface area contributed by atoms with Crippen LogP contribution in [0.1, 0.15) is 23.7 Å². The molecule has 0 amide bonds. The molecule has 0 fully saturated rings. The molecule has 0 bridgehead atoms. The summed E-state index contributed by atoms with van der Waals surface area (Å²) >= 11 is 12.5. The second-order valence-corrected chi connectivity index (χ2v) is 10.1. The lowest BCUT2D eigenvalue weighted by molar-refractivity contribution is -0.118. The number of rotatable bonds is 7. The van der Waals surface area contributed by atoms with Crippen molar-refractivity contribution < 1.29 is 28.9 Å². The number of hydrogen-bond acceptors (Lipinski definition) is 9. The molecule has 2 N–H and O–H groups in total. The number of Topliss-reactive ketones (excluding diaryl/α,β-unsaturated/α-hetero) is 2. The molecule has 1 aliphatic carbocycles. The van der Waals surface area contributed by atoms with Crippen LogP contribution in [0.2, 0.25) is 10.0 Å². The van der Waals surface area contributed by atoms with E-state index < -0.39 is 23.1 Å². The van der Waals surface area contributed by atoms with Crippen LogP contribution in [0.3, 0.4) is 0 Å². The maximum atomic E-state index is 13.8. The third kappa shape index (κ3) is 4.35. The van der Waals surface area contributed by atoms with E-state index in [1.54, 1.807) is 25.3 Å². The molecule has 3 aromatic rings. The van der Waals surface area contributed by atoms with Crippen LogP contribution in [0.4, 0.5) is 5.69 Å². The summed E-state index contributed by atoms with van der Waals surface area (Å²) < 4.78 is 16.8. The number of benzene rings is 2. The molecule has 1 spiro atoms. The molecular weight excluding hydrogens is 545 g/mol. The zero-order valence-electron chi connectivity index (χ0n) is 21.4. The highest BCUT2D eigenvalue weighted by Crippen LogP contribution is 2.54. The third-order valence-corrected chi connectivity index (χ3v) is 7.59. The molecule has 2 aromatic carbocycles. The van der Waals surface area contributed by atoms with E-state index in [0.29, 0.717) is 11.6 Å². The van der Waals surface area contributed by atoms with E-state index in [9.17, 15) is 14.7 Å². The van der Waals surface area contributed by atoms with Gasteiger partial charge in [0.1, 0.15) is 22.1 Å². The maximum absolute atomic E-state index is 13.8. The predicted octanol–water partition coefficient (Wildman–Crippen LogP) is 5.48. The van der Waals surface area contributed by atoms with Gasteiger partial charge in [0.2, 0.25) is 11.4 Å². The highest BCUT2D eigenvalue weighted by Gasteiger charge is 2.60. The number of hydrogen-bond donors (Lipinski definition) is 2. The van der Waals surface area contributed by atoms with Gasteiger partial charge >= 0.3 is 0 Å². The van der Waals surface area contributed by atoms with Crippen LogP contribution in [0, 0.1) is 5.92 Å². The van der Waals surface area contributed by atoms with Gasteiger partial charge in [0.15, 0.2) is 17.3 Å². The number of aromatic nitrogens is 1. The van der Waals surface area contributed by atoms with E-state index in [4.69, 9.17) is 37.4 Å². The van der Waals surface area contributed by atoms with Crippen molar-refractivity contribution in [2.24, 2.45) is 10.9 Å². The Bertz CT molecular complexity index is 1570. The van der Waals surface area contributed by atoms with E-state index in [1.807, 2.05) is 12.1 Å². The Kier molecular flexibility index (Phi) is 7.13. The van der Waals surface area contributed by atoms with Crippen LogP contribution in [0.5, 0.6) is 17.2 Å². The van der Waals surface area contributed by atoms with E-state index in [2.05, 4.69) is 15.3 Å². The van der Waals surface area contributed by atoms with Crippen LogP contribution < -0.4 is 19.5 Å². The lowest BCUT2D eigenvalue weighted by atomic mass is 9.73. The molecule has 9 nitrogen and oxygen atoms in total. The zero-order chi connectivity index (χ0) is 27.9. The van der Waals surface area contributed by atoms with Crippen LogP contribution in [0.15, 0.2) is 52.9 Å². The van der Waals surface area contributed by atoms with Crippen molar-refractivity contribution in [3.63, 3.8) is 0 Å². The average Bonchev–Trinajstić information content (AvgIpc) is 3.24. The van der Waals surface area contributed by atoms with Crippen molar-refractivity contribution in [2.75, 3.05) is 32.6 Å². The van der Waals surface area contributed by atoms with Gasteiger partial charge in [-0.15, -0.1) is 0 Å². The first-order valence-corrected chi connectivity index (χ1v) is 12.9. The van der Waals surface area contributed by atoms with Gasteiger partial charge in [-0.05, 0) is 24.3 Å². The Morgan fingerprint density at radius 3 is 2.72 bits per heavy atom. The van der Waals surface area contributed by atoms with Gasteiger partial charge in [-0.2, -0.15) is 0 Å². The fourth-order valence-electron chi connectivity index (χ4n) is 5.00. The number of anilines is 1. The molecule has 2 atom stereocenters. The van der Waals surface area contributed by atoms with Crippen LogP contribution >= 0.6 is 23.2 Å². The van der Waals surface area contributed by atoms with Crippen molar-refractivity contribution in [3.8, 4) is 17.2 Å². The molecular formula is C28H25Cl2N3O6. The number of carbonyl (C=O) groups is 2. The fourth-order valence-corrected chi connectivity index (χ4v) is 5.43. The summed E-state index contributed by atoms with van der Waals surface area (Å²) in [5, 5.41) is 16.2. The molecule has 2 heterocycles. The van der Waals surface area contributed by atoms with E-state index in [0.717, 1.165) is 16.6 Å². The number of methoxy groups -OCH3 is 2.